The van der Waals surface area contributed by atoms with Crippen LogP contribution in [0.3, 0.4) is 0 Å². The smallest absolute Gasteiger partial charge is 0.187 e. The number of aryl methyl sites for hydroxylation is 1. The maximum absolute atomic E-state index is 6.30. The van der Waals surface area contributed by atoms with E-state index in [1.165, 1.54) is 18.5 Å². The molecule has 2 nitrogen and oxygen atoms in total. The van der Waals surface area contributed by atoms with Crippen molar-refractivity contribution in [2.24, 2.45) is 0 Å². The van der Waals surface area contributed by atoms with E-state index in [4.69, 9.17) is 11.1 Å². The summed E-state index contributed by atoms with van der Waals surface area (Å²) in [6, 6.07) is 3.19. The Morgan fingerprint density at radius 2 is 2.11 bits per heavy atom. The summed E-state index contributed by atoms with van der Waals surface area (Å²) in [6.07, 6.45) is 6.51. The molecule has 0 unspecified atom stereocenters. The van der Waals surface area contributed by atoms with Crippen LogP contribution in [0.25, 0.3) is 0 Å². The first kappa shape index (κ1) is 16.0. The van der Waals surface area contributed by atoms with Crippen molar-refractivity contribution in [3.8, 4) is 0 Å². The lowest BCUT2D eigenvalue weighted by molar-refractivity contribution is 0.756. The van der Waals surface area contributed by atoms with Gasteiger partial charge in [-0.05, 0) is 31.4 Å². The summed E-state index contributed by atoms with van der Waals surface area (Å²) in [5, 5.41) is 0.914. The second-order valence-corrected chi connectivity index (χ2v) is 13.2. The third kappa shape index (κ3) is 7.39. The predicted octanol–water partition coefficient (Wildman–Crippen LogP) is 4.75. The minimum Gasteiger partial charge on any atom is -0.231 e. The SMILES string of the molecule is CCCCc1ccnc(SCCC[Si](C)(C)Cl)n1. The largest absolute Gasteiger partial charge is 0.231 e. The van der Waals surface area contributed by atoms with Gasteiger partial charge in [-0.3, -0.25) is 0 Å². The van der Waals surface area contributed by atoms with Gasteiger partial charge in [-0.2, -0.15) is 11.1 Å². The zero-order chi connectivity index (χ0) is 13.4. The predicted molar refractivity (Wildman–Crippen MR) is 84.1 cm³/mol. The summed E-state index contributed by atoms with van der Waals surface area (Å²) >= 11 is 8.05. The number of thioether (sulfide) groups is 1. The highest BCUT2D eigenvalue weighted by Gasteiger charge is 2.15. The highest BCUT2D eigenvalue weighted by Crippen LogP contribution is 2.21. The molecule has 0 bridgehead atoms. The fourth-order valence-electron chi connectivity index (χ4n) is 1.60. The number of aromatic nitrogens is 2. The van der Waals surface area contributed by atoms with Crippen LogP contribution in [0.1, 0.15) is 31.9 Å². The molecule has 0 amide bonds. The summed E-state index contributed by atoms with van der Waals surface area (Å²) in [7, 11) is -1.41. The second-order valence-electron chi connectivity index (χ2n) is 5.10. The summed E-state index contributed by atoms with van der Waals surface area (Å²) in [5.74, 6) is 1.07. The van der Waals surface area contributed by atoms with Gasteiger partial charge in [-0.15, -0.1) is 0 Å². The average Bonchev–Trinajstić information content (AvgIpc) is 2.31. The molecule has 0 N–H and O–H groups in total. The topological polar surface area (TPSA) is 25.8 Å². The fraction of sp³-hybridized carbons (Fsp3) is 0.692. The van der Waals surface area contributed by atoms with Crippen molar-refractivity contribution in [1.29, 1.82) is 0 Å². The molecule has 0 atom stereocenters. The Morgan fingerprint density at radius 1 is 1.33 bits per heavy atom. The molecule has 0 aliphatic carbocycles. The lowest BCUT2D eigenvalue weighted by atomic mass is 10.2. The van der Waals surface area contributed by atoms with E-state index in [-0.39, 0.29) is 0 Å². The van der Waals surface area contributed by atoms with Crippen LogP contribution >= 0.6 is 22.8 Å². The van der Waals surface area contributed by atoms with Crippen molar-refractivity contribution in [3.05, 3.63) is 18.0 Å². The third-order valence-electron chi connectivity index (χ3n) is 2.62. The van der Waals surface area contributed by atoms with Crippen LogP contribution < -0.4 is 0 Å². The Balaban J connectivity index is 2.33. The summed E-state index contributed by atoms with van der Waals surface area (Å²) in [6.45, 7) is 6.59. The van der Waals surface area contributed by atoms with Crippen LogP contribution in [-0.4, -0.2) is 23.1 Å². The molecule has 0 spiro atoms. The van der Waals surface area contributed by atoms with Crippen LogP contribution in [0.15, 0.2) is 17.4 Å². The number of rotatable bonds is 8. The Labute approximate surface area is 121 Å². The van der Waals surface area contributed by atoms with Crippen molar-refractivity contribution in [2.75, 3.05) is 5.75 Å². The molecule has 0 radical (unpaired) electrons. The number of hydrogen-bond donors (Lipinski definition) is 0. The molecule has 5 heteroatoms. The highest BCUT2D eigenvalue weighted by molar-refractivity contribution is 7.99. The van der Waals surface area contributed by atoms with E-state index in [9.17, 15) is 0 Å². The molecule has 0 aliphatic rings. The summed E-state index contributed by atoms with van der Waals surface area (Å²) < 4.78 is 0. The molecule has 0 aromatic carbocycles. The van der Waals surface area contributed by atoms with Gasteiger partial charge in [-0.25, -0.2) is 9.97 Å². The molecule has 0 fully saturated rings. The Bertz CT molecular complexity index is 355. The van der Waals surface area contributed by atoms with Gasteiger partial charge in [0, 0.05) is 17.6 Å². The monoisotopic (exact) mass is 302 g/mol. The number of hydrogen-bond acceptors (Lipinski definition) is 3. The quantitative estimate of drug-likeness (QED) is 0.228. The molecule has 1 heterocycles. The van der Waals surface area contributed by atoms with Crippen LogP contribution in [-0.2, 0) is 6.42 Å². The van der Waals surface area contributed by atoms with Gasteiger partial charge in [0.25, 0.3) is 0 Å². The molecule has 1 aromatic rings. The maximum Gasteiger partial charge on any atom is 0.187 e. The van der Waals surface area contributed by atoms with Gasteiger partial charge in [0.05, 0.1) is 0 Å². The van der Waals surface area contributed by atoms with Gasteiger partial charge in [-0.1, -0.05) is 38.2 Å². The maximum atomic E-state index is 6.30. The summed E-state index contributed by atoms with van der Waals surface area (Å²) in [5.41, 5.74) is 1.17. The van der Waals surface area contributed by atoms with Gasteiger partial charge in [0.15, 0.2) is 12.5 Å². The Hall–Kier alpha value is -0.0631. The molecule has 1 rings (SSSR count). The first-order valence-electron chi connectivity index (χ1n) is 6.65. The zero-order valence-electron chi connectivity index (χ0n) is 11.6. The lowest BCUT2D eigenvalue weighted by Gasteiger charge is -2.11. The van der Waals surface area contributed by atoms with E-state index in [0.717, 1.165) is 29.8 Å². The van der Waals surface area contributed by atoms with Crippen molar-refractivity contribution < 1.29 is 0 Å². The number of nitrogens with zero attached hydrogens (tertiary/aromatic N) is 2. The van der Waals surface area contributed by atoms with Crippen molar-refractivity contribution in [2.45, 2.75) is 56.9 Å². The lowest BCUT2D eigenvalue weighted by Crippen LogP contribution is -2.15. The Morgan fingerprint density at radius 3 is 2.78 bits per heavy atom. The van der Waals surface area contributed by atoms with Crippen molar-refractivity contribution >= 4 is 30.2 Å². The van der Waals surface area contributed by atoms with Crippen LogP contribution in [0, 0.1) is 0 Å². The average molecular weight is 303 g/mol. The van der Waals surface area contributed by atoms with Crippen LogP contribution in [0.4, 0.5) is 0 Å². The first-order chi connectivity index (χ1) is 8.51. The van der Waals surface area contributed by atoms with Crippen molar-refractivity contribution in [1.82, 2.24) is 9.97 Å². The van der Waals surface area contributed by atoms with E-state index in [1.807, 2.05) is 12.3 Å². The van der Waals surface area contributed by atoms with E-state index in [0.29, 0.717) is 0 Å². The van der Waals surface area contributed by atoms with Gasteiger partial charge < -0.3 is 0 Å². The van der Waals surface area contributed by atoms with E-state index < -0.39 is 7.38 Å². The zero-order valence-corrected chi connectivity index (χ0v) is 14.2. The Kier molecular flexibility index (Phi) is 7.26. The molecule has 0 aliphatic heterocycles. The van der Waals surface area contributed by atoms with E-state index >= 15 is 0 Å². The minimum absolute atomic E-state index is 0.914. The van der Waals surface area contributed by atoms with Gasteiger partial charge >= 0.3 is 0 Å². The molecular weight excluding hydrogens is 280 g/mol. The van der Waals surface area contributed by atoms with Crippen LogP contribution in [0.2, 0.25) is 19.1 Å². The normalized spacial score (nSPS) is 11.8. The second kappa shape index (κ2) is 8.18. The van der Waals surface area contributed by atoms with E-state index in [1.54, 1.807) is 11.8 Å². The van der Waals surface area contributed by atoms with Crippen molar-refractivity contribution in [3.63, 3.8) is 0 Å². The summed E-state index contributed by atoms with van der Waals surface area (Å²) in [4.78, 5) is 8.89. The third-order valence-corrected chi connectivity index (χ3v) is 5.68. The molecule has 0 saturated heterocycles. The number of halogens is 1. The number of unbranched alkanes of at least 4 members (excludes halogenated alkanes) is 1. The van der Waals surface area contributed by atoms with Gasteiger partial charge in [0.2, 0.25) is 0 Å². The standard InChI is InChI=1S/C13H23ClN2SSi/c1-4-5-7-12-8-9-15-13(16-12)17-10-6-11-18(2,3)14/h8-9H,4-7,10-11H2,1-3H3. The molecule has 0 saturated carbocycles. The highest BCUT2D eigenvalue weighted by atomic mass is 35.6. The first-order valence-corrected chi connectivity index (χ1v) is 11.9. The molecular formula is C13H23ClN2SSi. The molecule has 1 aromatic heterocycles. The fourth-order valence-corrected chi connectivity index (χ4v) is 4.06. The minimum atomic E-state index is -1.41. The van der Waals surface area contributed by atoms with E-state index in [2.05, 4.69) is 30.0 Å². The van der Waals surface area contributed by atoms with Crippen LogP contribution in [0.5, 0.6) is 0 Å². The molecule has 18 heavy (non-hydrogen) atoms. The van der Waals surface area contributed by atoms with Gasteiger partial charge in [0.1, 0.15) is 0 Å². The molecule has 102 valence electrons.